The molecule has 2 N–H and O–H groups in total. The standard InChI is InChI=1S/C19H20N2O3/c1-4-14-7-5-6-12(2)17(14)21-19(24)18(23)20-16-10-8-15(9-11-16)13(3)22/h5-11H,4H2,1-3H3,(H,20,23)(H,21,24). The molecular weight excluding hydrogens is 304 g/mol. The average Bonchev–Trinajstić information content (AvgIpc) is 2.57. The number of carbonyl (C=O) groups is 3. The molecule has 0 radical (unpaired) electrons. The molecule has 2 aromatic rings. The summed E-state index contributed by atoms with van der Waals surface area (Å²) < 4.78 is 0. The summed E-state index contributed by atoms with van der Waals surface area (Å²) in [5.41, 5.74) is 3.56. The lowest BCUT2D eigenvalue weighted by Gasteiger charge is -2.13. The average molecular weight is 324 g/mol. The number of hydrogen-bond donors (Lipinski definition) is 2. The number of hydrogen-bond acceptors (Lipinski definition) is 3. The molecule has 0 aromatic heterocycles. The third-order valence-electron chi connectivity index (χ3n) is 3.73. The minimum Gasteiger partial charge on any atom is -0.318 e. The highest BCUT2D eigenvalue weighted by atomic mass is 16.2. The smallest absolute Gasteiger partial charge is 0.314 e. The van der Waals surface area contributed by atoms with Crippen molar-refractivity contribution in [1.29, 1.82) is 0 Å². The highest BCUT2D eigenvalue weighted by Gasteiger charge is 2.16. The fraction of sp³-hybridized carbons (Fsp3) is 0.211. The number of carbonyl (C=O) groups excluding carboxylic acids is 3. The van der Waals surface area contributed by atoms with Crippen LogP contribution in [-0.4, -0.2) is 17.6 Å². The predicted molar refractivity (Wildman–Crippen MR) is 94.3 cm³/mol. The van der Waals surface area contributed by atoms with Crippen molar-refractivity contribution in [2.45, 2.75) is 27.2 Å². The van der Waals surface area contributed by atoms with Gasteiger partial charge in [0.1, 0.15) is 0 Å². The molecular formula is C19H20N2O3. The van der Waals surface area contributed by atoms with E-state index in [9.17, 15) is 14.4 Å². The van der Waals surface area contributed by atoms with E-state index in [2.05, 4.69) is 10.6 Å². The maximum Gasteiger partial charge on any atom is 0.314 e. The molecule has 124 valence electrons. The molecule has 2 aromatic carbocycles. The summed E-state index contributed by atoms with van der Waals surface area (Å²) in [6.07, 6.45) is 0.755. The van der Waals surface area contributed by atoms with Gasteiger partial charge in [0, 0.05) is 16.9 Å². The van der Waals surface area contributed by atoms with Crippen molar-refractivity contribution in [2.24, 2.45) is 0 Å². The van der Waals surface area contributed by atoms with Gasteiger partial charge >= 0.3 is 11.8 Å². The summed E-state index contributed by atoms with van der Waals surface area (Å²) in [6.45, 7) is 5.34. The molecule has 5 nitrogen and oxygen atoms in total. The van der Waals surface area contributed by atoms with Gasteiger partial charge in [-0.1, -0.05) is 25.1 Å². The highest BCUT2D eigenvalue weighted by Crippen LogP contribution is 2.21. The molecule has 0 aliphatic heterocycles. The van der Waals surface area contributed by atoms with Crippen LogP contribution in [0.25, 0.3) is 0 Å². The van der Waals surface area contributed by atoms with E-state index in [1.54, 1.807) is 24.3 Å². The molecule has 0 atom stereocenters. The Hall–Kier alpha value is -2.95. The summed E-state index contributed by atoms with van der Waals surface area (Å²) in [5.74, 6) is -1.54. The number of rotatable bonds is 4. The van der Waals surface area contributed by atoms with Gasteiger partial charge < -0.3 is 10.6 Å². The number of aryl methyl sites for hydroxylation is 2. The Balaban J connectivity index is 2.08. The second-order valence-electron chi connectivity index (χ2n) is 5.50. The third kappa shape index (κ3) is 4.07. The van der Waals surface area contributed by atoms with Gasteiger partial charge in [0.15, 0.2) is 5.78 Å². The van der Waals surface area contributed by atoms with E-state index < -0.39 is 11.8 Å². The van der Waals surface area contributed by atoms with Crippen LogP contribution in [0.15, 0.2) is 42.5 Å². The number of benzene rings is 2. The van der Waals surface area contributed by atoms with Crippen LogP contribution in [0, 0.1) is 6.92 Å². The summed E-state index contributed by atoms with van der Waals surface area (Å²) in [7, 11) is 0. The second kappa shape index (κ2) is 7.55. The minimum atomic E-state index is -0.754. The molecule has 0 saturated carbocycles. The summed E-state index contributed by atoms with van der Waals surface area (Å²) in [5, 5.41) is 5.20. The van der Waals surface area contributed by atoms with Crippen molar-refractivity contribution < 1.29 is 14.4 Å². The van der Waals surface area contributed by atoms with Gasteiger partial charge in [-0.2, -0.15) is 0 Å². The first-order valence-electron chi connectivity index (χ1n) is 7.74. The Morgan fingerprint density at radius 1 is 0.917 bits per heavy atom. The van der Waals surface area contributed by atoms with E-state index >= 15 is 0 Å². The van der Waals surface area contributed by atoms with Gasteiger partial charge in [-0.15, -0.1) is 0 Å². The first kappa shape index (κ1) is 17.4. The first-order chi connectivity index (χ1) is 11.4. The normalized spacial score (nSPS) is 10.1. The van der Waals surface area contributed by atoms with Crippen molar-refractivity contribution in [1.82, 2.24) is 0 Å². The van der Waals surface area contributed by atoms with Crippen LogP contribution in [-0.2, 0) is 16.0 Å². The molecule has 0 unspecified atom stereocenters. The van der Waals surface area contributed by atoms with Crippen LogP contribution in [0.4, 0.5) is 11.4 Å². The maximum absolute atomic E-state index is 12.1. The summed E-state index contributed by atoms with van der Waals surface area (Å²) in [6, 6.07) is 12.1. The fourth-order valence-corrected chi connectivity index (χ4v) is 2.35. The molecule has 2 rings (SSSR count). The van der Waals surface area contributed by atoms with Crippen molar-refractivity contribution >= 4 is 29.0 Å². The number of anilines is 2. The number of nitrogens with one attached hydrogen (secondary N) is 2. The number of Topliss-reactive ketones (excluding diaryl/α,β-unsaturated/α-hetero) is 1. The quantitative estimate of drug-likeness (QED) is 0.669. The van der Waals surface area contributed by atoms with E-state index in [1.165, 1.54) is 6.92 Å². The van der Waals surface area contributed by atoms with Crippen LogP contribution in [0.3, 0.4) is 0 Å². The lowest BCUT2D eigenvalue weighted by Crippen LogP contribution is -2.29. The number of para-hydroxylation sites is 1. The largest absolute Gasteiger partial charge is 0.318 e. The van der Waals surface area contributed by atoms with Gasteiger partial charge in [0.2, 0.25) is 0 Å². The maximum atomic E-state index is 12.1. The zero-order valence-corrected chi connectivity index (χ0v) is 14.0. The van der Waals surface area contributed by atoms with E-state index in [4.69, 9.17) is 0 Å². The second-order valence-corrected chi connectivity index (χ2v) is 5.50. The van der Waals surface area contributed by atoms with Crippen molar-refractivity contribution in [3.8, 4) is 0 Å². The lowest BCUT2D eigenvalue weighted by atomic mass is 10.1. The predicted octanol–water partition coefficient (Wildman–Crippen LogP) is 3.34. The molecule has 5 heteroatoms. The van der Waals surface area contributed by atoms with Crippen molar-refractivity contribution in [3.05, 3.63) is 59.2 Å². The van der Waals surface area contributed by atoms with Gasteiger partial charge in [-0.05, 0) is 55.7 Å². The Morgan fingerprint density at radius 2 is 1.54 bits per heavy atom. The number of amides is 2. The Morgan fingerprint density at radius 3 is 2.12 bits per heavy atom. The van der Waals surface area contributed by atoms with E-state index in [0.717, 1.165) is 17.5 Å². The van der Waals surface area contributed by atoms with E-state index in [-0.39, 0.29) is 5.78 Å². The monoisotopic (exact) mass is 324 g/mol. The molecule has 2 amide bonds. The zero-order chi connectivity index (χ0) is 17.7. The lowest BCUT2D eigenvalue weighted by molar-refractivity contribution is -0.133. The summed E-state index contributed by atoms with van der Waals surface area (Å²) in [4.78, 5) is 35.4. The minimum absolute atomic E-state index is 0.0581. The molecule has 0 bridgehead atoms. The van der Waals surface area contributed by atoms with Crippen LogP contribution in [0.5, 0.6) is 0 Å². The van der Waals surface area contributed by atoms with Crippen LogP contribution < -0.4 is 10.6 Å². The molecule has 0 saturated heterocycles. The van der Waals surface area contributed by atoms with Crippen LogP contribution >= 0.6 is 0 Å². The SMILES string of the molecule is CCc1cccc(C)c1NC(=O)C(=O)Nc1ccc(C(C)=O)cc1. The molecule has 0 aliphatic carbocycles. The van der Waals surface area contributed by atoms with Crippen LogP contribution in [0.2, 0.25) is 0 Å². The zero-order valence-electron chi connectivity index (χ0n) is 14.0. The third-order valence-corrected chi connectivity index (χ3v) is 3.73. The Bertz CT molecular complexity index is 780. The topological polar surface area (TPSA) is 75.3 Å². The van der Waals surface area contributed by atoms with E-state index in [1.807, 2.05) is 32.0 Å². The molecule has 0 heterocycles. The van der Waals surface area contributed by atoms with Gasteiger partial charge in [-0.3, -0.25) is 14.4 Å². The van der Waals surface area contributed by atoms with Gasteiger partial charge in [-0.25, -0.2) is 0 Å². The van der Waals surface area contributed by atoms with Crippen molar-refractivity contribution in [3.63, 3.8) is 0 Å². The van der Waals surface area contributed by atoms with Crippen molar-refractivity contribution in [2.75, 3.05) is 10.6 Å². The fourth-order valence-electron chi connectivity index (χ4n) is 2.35. The Labute approximate surface area is 141 Å². The number of ketones is 1. The highest BCUT2D eigenvalue weighted by molar-refractivity contribution is 6.43. The summed E-state index contributed by atoms with van der Waals surface area (Å²) >= 11 is 0. The molecule has 0 aliphatic rings. The van der Waals surface area contributed by atoms with E-state index in [0.29, 0.717) is 16.9 Å². The molecule has 0 fully saturated rings. The molecule has 24 heavy (non-hydrogen) atoms. The van der Waals surface area contributed by atoms with Gasteiger partial charge in [0.05, 0.1) is 0 Å². The first-order valence-corrected chi connectivity index (χ1v) is 7.74. The Kier molecular flexibility index (Phi) is 5.47. The van der Waals surface area contributed by atoms with Crippen LogP contribution in [0.1, 0.15) is 35.3 Å². The molecule has 0 spiro atoms. The van der Waals surface area contributed by atoms with Gasteiger partial charge in [0.25, 0.3) is 0 Å².